The summed E-state index contributed by atoms with van der Waals surface area (Å²) >= 11 is 3.49. The van der Waals surface area contributed by atoms with Gasteiger partial charge in [0.2, 0.25) is 0 Å². The van der Waals surface area contributed by atoms with Crippen LogP contribution in [0.3, 0.4) is 0 Å². The van der Waals surface area contributed by atoms with Crippen LogP contribution in [0.2, 0.25) is 0 Å². The molecule has 1 aromatic rings. The first-order chi connectivity index (χ1) is 9.71. The molecule has 1 aliphatic heterocycles. The fourth-order valence-electron chi connectivity index (χ4n) is 3.50. The third-order valence-corrected chi connectivity index (χ3v) is 5.18. The molecule has 1 saturated heterocycles. The molecule has 20 heavy (non-hydrogen) atoms. The van der Waals surface area contributed by atoms with Gasteiger partial charge in [0.1, 0.15) is 5.75 Å². The van der Waals surface area contributed by atoms with E-state index in [0.717, 1.165) is 35.4 Å². The van der Waals surface area contributed by atoms with Gasteiger partial charge < -0.3 is 14.8 Å². The maximum Gasteiger partial charge on any atom is 0.135 e. The van der Waals surface area contributed by atoms with E-state index in [9.17, 15) is 0 Å². The Morgan fingerprint density at radius 2 is 2.15 bits per heavy atom. The zero-order chi connectivity index (χ0) is 14.0. The van der Waals surface area contributed by atoms with Gasteiger partial charge in [-0.1, -0.05) is 12.8 Å². The van der Waals surface area contributed by atoms with Gasteiger partial charge in [0.05, 0.1) is 17.2 Å². The fraction of sp³-hybridized carbons (Fsp3) is 0.625. The summed E-state index contributed by atoms with van der Waals surface area (Å²) in [5, 5.41) is 3.65. The molecule has 3 nitrogen and oxygen atoms in total. The first-order valence-corrected chi connectivity index (χ1v) is 8.24. The van der Waals surface area contributed by atoms with Crippen molar-refractivity contribution in [3.8, 4) is 5.75 Å². The topological polar surface area (TPSA) is 30.5 Å². The minimum absolute atomic E-state index is 0.162. The van der Waals surface area contributed by atoms with Gasteiger partial charge in [-0.15, -0.1) is 0 Å². The van der Waals surface area contributed by atoms with Crippen LogP contribution in [0.5, 0.6) is 5.75 Å². The van der Waals surface area contributed by atoms with E-state index in [2.05, 4.69) is 33.4 Å². The number of hydrogen-bond donors (Lipinski definition) is 1. The van der Waals surface area contributed by atoms with Crippen LogP contribution in [-0.4, -0.2) is 25.4 Å². The van der Waals surface area contributed by atoms with Crippen molar-refractivity contribution in [2.45, 2.75) is 50.2 Å². The van der Waals surface area contributed by atoms with Gasteiger partial charge in [-0.05, 0) is 53.7 Å². The van der Waals surface area contributed by atoms with Crippen LogP contribution in [0, 0.1) is 0 Å². The van der Waals surface area contributed by atoms with Crippen molar-refractivity contribution in [1.29, 1.82) is 0 Å². The van der Waals surface area contributed by atoms with E-state index < -0.39 is 0 Å². The van der Waals surface area contributed by atoms with E-state index in [0.29, 0.717) is 6.04 Å². The lowest BCUT2D eigenvalue weighted by molar-refractivity contribution is -0.0767. The minimum Gasteiger partial charge on any atom is -0.495 e. The highest BCUT2D eigenvalue weighted by atomic mass is 79.9. The maximum atomic E-state index is 6.09. The molecule has 110 valence electrons. The van der Waals surface area contributed by atoms with Gasteiger partial charge in [0.25, 0.3) is 0 Å². The highest BCUT2D eigenvalue weighted by molar-refractivity contribution is 9.10. The average molecular weight is 340 g/mol. The molecule has 1 heterocycles. The molecule has 1 saturated carbocycles. The third kappa shape index (κ3) is 2.96. The Kier molecular flexibility index (Phi) is 4.22. The molecule has 2 aliphatic rings. The Hall–Kier alpha value is -0.740. The smallest absolute Gasteiger partial charge is 0.135 e. The molecule has 0 aromatic heterocycles. The first kappa shape index (κ1) is 14.2. The Labute approximate surface area is 129 Å². The normalized spacial score (nSPS) is 24.8. The number of ether oxygens (including phenoxy) is 2. The highest BCUT2D eigenvalue weighted by Gasteiger charge is 2.39. The lowest BCUT2D eigenvalue weighted by Gasteiger charge is -2.39. The summed E-state index contributed by atoms with van der Waals surface area (Å²) in [6, 6.07) is 6.70. The molecule has 2 fully saturated rings. The van der Waals surface area contributed by atoms with Crippen LogP contribution >= 0.6 is 15.9 Å². The van der Waals surface area contributed by atoms with E-state index in [1.165, 1.54) is 25.7 Å². The molecule has 0 amide bonds. The largest absolute Gasteiger partial charge is 0.495 e. The predicted octanol–water partition coefficient (Wildman–Crippen LogP) is 4.36. The zero-order valence-electron chi connectivity index (χ0n) is 12.0. The standard InChI is InChI=1S/C16H22BrNO2/c1-19-15-10-12(4-5-14(15)17)18-13-6-9-20-16(11-13)7-2-3-8-16/h4-5,10,13,18H,2-3,6-9,11H2,1H3. The summed E-state index contributed by atoms with van der Waals surface area (Å²) in [6.45, 7) is 0.880. The Morgan fingerprint density at radius 3 is 2.90 bits per heavy atom. The predicted molar refractivity (Wildman–Crippen MR) is 84.5 cm³/mol. The SMILES string of the molecule is COc1cc(NC2CCOC3(CCCC3)C2)ccc1Br. The second-order valence-corrected chi connectivity index (χ2v) is 6.78. The molecular formula is C16H22BrNO2. The molecule has 1 atom stereocenters. The number of rotatable bonds is 3. The zero-order valence-corrected chi connectivity index (χ0v) is 13.5. The number of benzene rings is 1. The molecule has 4 heteroatoms. The number of anilines is 1. The summed E-state index contributed by atoms with van der Waals surface area (Å²) < 4.78 is 12.4. The van der Waals surface area contributed by atoms with Gasteiger partial charge in [-0.3, -0.25) is 0 Å². The van der Waals surface area contributed by atoms with Gasteiger partial charge in [0, 0.05) is 24.4 Å². The second-order valence-electron chi connectivity index (χ2n) is 5.92. The molecule has 1 aromatic carbocycles. The van der Waals surface area contributed by atoms with Crippen molar-refractivity contribution in [3.05, 3.63) is 22.7 Å². The lowest BCUT2D eigenvalue weighted by atomic mass is 9.89. The third-order valence-electron chi connectivity index (χ3n) is 4.53. The van der Waals surface area contributed by atoms with Crippen LogP contribution in [0.4, 0.5) is 5.69 Å². The summed E-state index contributed by atoms with van der Waals surface area (Å²) in [7, 11) is 1.70. The van der Waals surface area contributed by atoms with Crippen LogP contribution in [0.1, 0.15) is 38.5 Å². The van der Waals surface area contributed by atoms with Crippen LogP contribution in [0.25, 0.3) is 0 Å². The van der Waals surface area contributed by atoms with E-state index in [-0.39, 0.29) is 5.60 Å². The maximum absolute atomic E-state index is 6.09. The first-order valence-electron chi connectivity index (χ1n) is 7.45. The van der Waals surface area contributed by atoms with Gasteiger partial charge in [-0.25, -0.2) is 0 Å². The Balaban J connectivity index is 1.68. The van der Waals surface area contributed by atoms with Crippen molar-refractivity contribution in [2.24, 2.45) is 0 Å². The number of halogens is 1. The van der Waals surface area contributed by atoms with Gasteiger partial charge in [-0.2, -0.15) is 0 Å². The van der Waals surface area contributed by atoms with Crippen molar-refractivity contribution in [1.82, 2.24) is 0 Å². The Morgan fingerprint density at radius 1 is 1.35 bits per heavy atom. The van der Waals surface area contributed by atoms with E-state index >= 15 is 0 Å². The van der Waals surface area contributed by atoms with Crippen molar-refractivity contribution in [3.63, 3.8) is 0 Å². The van der Waals surface area contributed by atoms with Crippen molar-refractivity contribution < 1.29 is 9.47 Å². The summed E-state index contributed by atoms with van der Waals surface area (Å²) in [6.07, 6.45) is 7.31. The average Bonchev–Trinajstić information content (AvgIpc) is 2.89. The van der Waals surface area contributed by atoms with Crippen LogP contribution in [-0.2, 0) is 4.74 Å². The van der Waals surface area contributed by atoms with Crippen molar-refractivity contribution >= 4 is 21.6 Å². The van der Waals surface area contributed by atoms with Gasteiger partial charge in [0.15, 0.2) is 0 Å². The minimum atomic E-state index is 0.162. The molecule has 1 aliphatic carbocycles. The molecule has 1 unspecified atom stereocenters. The molecule has 3 rings (SSSR count). The second kappa shape index (κ2) is 5.94. The number of hydrogen-bond acceptors (Lipinski definition) is 3. The number of nitrogens with one attached hydrogen (secondary N) is 1. The quantitative estimate of drug-likeness (QED) is 0.887. The summed E-state index contributed by atoms with van der Waals surface area (Å²) in [5.41, 5.74) is 1.29. The summed E-state index contributed by atoms with van der Waals surface area (Å²) in [4.78, 5) is 0. The van der Waals surface area contributed by atoms with Crippen LogP contribution < -0.4 is 10.1 Å². The molecule has 0 radical (unpaired) electrons. The van der Waals surface area contributed by atoms with E-state index in [4.69, 9.17) is 9.47 Å². The molecule has 0 bridgehead atoms. The molecular weight excluding hydrogens is 318 g/mol. The summed E-state index contributed by atoms with van der Waals surface area (Å²) in [5.74, 6) is 0.873. The number of methoxy groups -OCH3 is 1. The molecule has 1 N–H and O–H groups in total. The highest BCUT2D eigenvalue weighted by Crippen LogP contribution is 2.40. The van der Waals surface area contributed by atoms with Gasteiger partial charge >= 0.3 is 0 Å². The van der Waals surface area contributed by atoms with Crippen LogP contribution in [0.15, 0.2) is 22.7 Å². The monoisotopic (exact) mass is 339 g/mol. The van der Waals surface area contributed by atoms with E-state index in [1.807, 2.05) is 6.07 Å². The van der Waals surface area contributed by atoms with E-state index in [1.54, 1.807) is 7.11 Å². The molecule has 1 spiro atoms. The Bertz CT molecular complexity index is 472. The lowest BCUT2D eigenvalue weighted by Crippen LogP contribution is -2.42. The van der Waals surface area contributed by atoms with Crippen molar-refractivity contribution in [2.75, 3.05) is 19.0 Å². The fourth-order valence-corrected chi connectivity index (χ4v) is 3.91.